The summed E-state index contributed by atoms with van der Waals surface area (Å²) >= 11 is 0. The van der Waals surface area contributed by atoms with Crippen molar-refractivity contribution in [2.75, 3.05) is 6.61 Å². The minimum absolute atomic E-state index is 0.184. The van der Waals surface area contributed by atoms with E-state index in [9.17, 15) is 4.79 Å². The van der Waals surface area contributed by atoms with Gasteiger partial charge in [-0.2, -0.15) is 0 Å². The van der Waals surface area contributed by atoms with E-state index < -0.39 is 0 Å². The lowest BCUT2D eigenvalue weighted by Crippen LogP contribution is -2.30. The Balaban J connectivity index is 1.68. The van der Waals surface area contributed by atoms with Crippen LogP contribution in [0.3, 0.4) is 0 Å². The molecule has 3 heteroatoms. The van der Waals surface area contributed by atoms with E-state index in [-0.39, 0.29) is 17.7 Å². The van der Waals surface area contributed by atoms with E-state index in [1.807, 2.05) is 6.92 Å². The number of ether oxygens (including phenoxy) is 2. The van der Waals surface area contributed by atoms with Crippen LogP contribution in [0.25, 0.3) is 0 Å². The maximum Gasteiger partial charge on any atom is 0.338 e. The highest BCUT2D eigenvalue weighted by Crippen LogP contribution is 2.56. The Bertz CT molecular complexity index is 349. The van der Waals surface area contributed by atoms with Gasteiger partial charge in [-0.25, -0.2) is 4.79 Å². The number of hydrogen-bond donors (Lipinski definition) is 0. The fraction of sp³-hybridized carbons (Fsp3) is 0.769. The molecule has 2 aliphatic carbocycles. The largest absolute Gasteiger partial charge is 0.464 e. The van der Waals surface area contributed by atoms with Gasteiger partial charge in [-0.05, 0) is 44.4 Å². The van der Waals surface area contributed by atoms with Crippen LogP contribution in [-0.4, -0.2) is 24.3 Å². The van der Waals surface area contributed by atoms with Gasteiger partial charge in [0.1, 0.15) is 5.60 Å². The molecule has 3 nitrogen and oxygen atoms in total. The van der Waals surface area contributed by atoms with Gasteiger partial charge < -0.3 is 9.47 Å². The Morgan fingerprint density at radius 2 is 2.31 bits per heavy atom. The first-order valence-electron chi connectivity index (χ1n) is 6.18. The van der Waals surface area contributed by atoms with Crippen molar-refractivity contribution in [3.05, 3.63) is 12.2 Å². The molecule has 1 saturated carbocycles. The summed E-state index contributed by atoms with van der Waals surface area (Å²) in [6.07, 6.45) is 6.72. The molecular formula is C13H18O3. The Morgan fingerprint density at radius 1 is 1.50 bits per heavy atom. The number of carbonyl (C=O) groups excluding carboxylic acids is 1. The number of esters is 1. The molecular weight excluding hydrogens is 204 g/mol. The van der Waals surface area contributed by atoms with Gasteiger partial charge in [-0.1, -0.05) is 12.2 Å². The average Bonchev–Trinajstić information content (AvgIpc) is 2.67. The van der Waals surface area contributed by atoms with Gasteiger partial charge in [0.05, 0.1) is 6.61 Å². The van der Waals surface area contributed by atoms with E-state index in [1.165, 1.54) is 12.8 Å². The second-order valence-corrected chi connectivity index (χ2v) is 5.32. The van der Waals surface area contributed by atoms with Gasteiger partial charge in [-0.3, -0.25) is 0 Å². The van der Waals surface area contributed by atoms with Crippen LogP contribution in [0.4, 0.5) is 0 Å². The van der Waals surface area contributed by atoms with Gasteiger partial charge in [-0.15, -0.1) is 0 Å². The smallest absolute Gasteiger partial charge is 0.338 e. The minimum Gasteiger partial charge on any atom is -0.464 e. The second-order valence-electron chi connectivity index (χ2n) is 5.32. The fourth-order valence-electron chi connectivity index (χ4n) is 3.44. The van der Waals surface area contributed by atoms with Crippen LogP contribution < -0.4 is 0 Å². The molecule has 1 heterocycles. The van der Waals surface area contributed by atoms with Crippen molar-refractivity contribution in [1.82, 2.24) is 0 Å². The molecule has 3 rings (SSSR count). The zero-order chi connectivity index (χ0) is 11.3. The van der Waals surface area contributed by atoms with E-state index in [0.717, 1.165) is 5.92 Å². The van der Waals surface area contributed by atoms with E-state index >= 15 is 0 Å². The molecule has 5 unspecified atom stereocenters. The van der Waals surface area contributed by atoms with E-state index in [2.05, 4.69) is 19.1 Å². The number of epoxide rings is 1. The third-order valence-electron chi connectivity index (χ3n) is 4.35. The van der Waals surface area contributed by atoms with Crippen LogP contribution in [-0.2, 0) is 14.3 Å². The monoisotopic (exact) mass is 222 g/mol. The molecule has 3 aliphatic rings. The van der Waals surface area contributed by atoms with Crippen molar-refractivity contribution in [2.45, 2.75) is 38.4 Å². The molecule has 0 aromatic heterocycles. The first-order valence-corrected chi connectivity index (χ1v) is 6.18. The maximum absolute atomic E-state index is 11.6. The molecule has 0 radical (unpaired) electrons. The highest BCUT2D eigenvalue weighted by Gasteiger charge is 2.65. The maximum atomic E-state index is 11.6. The normalized spacial score (nSPS) is 48.4. The van der Waals surface area contributed by atoms with Crippen LogP contribution in [0.1, 0.15) is 26.7 Å². The van der Waals surface area contributed by atoms with Gasteiger partial charge in [0.25, 0.3) is 0 Å². The predicted octanol–water partition coefficient (Wildman–Crippen LogP) is 1.92. The zero-order valence-electron chi connectivity index (χ0n) is 9.81. The number of allylic oxidation sites excluding steroid dienone is 2. The van der Waals surface area contributed by atoms with Crippen molar-refractivity contribution in [3.8, 4) is 0 Å². The Morgan fingerprint density at radius 3 is 2.88 bits per heavy atom. The summed E-state index contributed by atoms with van der Waals surface area (Å²) in [6.45, 7) is 4.33. The van der Waals surface area contributed by atoms with Gasteiger partial charge >= 0.3 is 5.97 Å². The van der Waals surface area contributed by atoms with E-state index in [0.29, 0.717) is 18.4 Å². The minimum atomic E-state index is -0.315. The molecule has 2 fully saturated rings. The van der Waals surface area contributed by atoms with Crippen LogP contribution in [0.15, 0.2) is 12.2 Å². The van der Waals surface area contributed by atoms with Crippen LogP contribution >= 0.6 is 0 Å². The lowest BCUT2D eigenvalue weighted by atomic mass is 9.81. The molecule has 2 bridgehead atoms. The quantitative estimate of drug-likeness (QED) is 0.416. The lowest BCUT2D eigenvalue weighted by molar-refractivity contribution is -0.144. The standard InChI is InChI=1S/C13H18O3/c1-3-15-12(14)11-13(2,16-11)10-7-8-4-5-9(10)6-8/h4-5,8-11H,3,6-7H2,1-2H3. The van der Waals surface area contributed by atoms with Crippen molar-refractivity contribution >= 4 is 5.97 Å². The number of hydrogen-bond acceptors (Lipinski definition) is 3. The average molecular weight is 222 g/mol. The highest BCUT2D eigenvalue weighted by atomic mass is 16.7. The van der Waals surface area contributed by atoms with Crippen molar-refractivity contribution in [3.63, 3.8) is 0 Å². The summed E-state index contributed by atoms with van der Waals surface area (Å²) in [5.74, 6) is 1.67. The molecule has 0 aromatic rings. The van der Waals surface area contributed by atoms with E-state index in [4.69, 9.17) is 9.47 Å². The van der Waals surface area contributed by atoms with Crippen molar-refractivity contribution in [2.24, 2.45) is 17.8 Å². The Labute approximate surface area is 95.8 Å². The molecule has 88 valence electrons. The summed E-state index contributed by atoms with van der Waals surface area (Å²) in [6, 6.07) is 0. The fourth-order valence-corrected chi connectivity index (χ4v) is 3.44. The summed E-state index contributed by atoms with van der Waals surface area (Å²) in [7, 11) is 0. The summed E-state index contributed by atoms with van der Waals surface area (Å²) in [5.41, 5.74) is -0.254. The summed E-state index contributed by atoms with van der Waals surface area (Å²) in [5, 5.41) is 0. The van der Waals surface area contributed by atoms with Crippen molar-refractivity contribution in [1.29, 1.82) is 0 Å². The van der Waals surface area contributed by atoms with Crippen LogP contribution in [0.2, 0.25) is 0 Å². The molecule has 5 atom stereocenters. The van der Waals surface area contributed by atoms with Gasteiger partial charge in [0, 0.05) is 0 Å². The van der Waals surface area contributed by atoms with Crippen molar-refractivity contribution < 1.29 is 14.3 Å². The number of fused-ring (bicyclic) bond motifs is 2. The molecule has 0 N–H and O–H groups in total. The first-order chi connectivity index (χ1) is 7.65. The van der Waals surface area contributed by atoms with E-state index in [1.54, 1.807) is 0 Å². The van der Waals surface area contributed by atoms with Gasteiger partial charge in [0.2, 0.25) is 0 Å². The first kappa shape index (κ1) is 10.3. The summed E-state index contributed by atoms with van der Waals surface area (Å²) in [4.78, 5) is 11.6. The Kier molecular flexibility index (Phi) is 2.15. The zero-order valence-corrected chi connectivity index (χ0v) is 9.81. The van der Waals surface area contributed by atoms with Crippen LogP contribution in [0.5, 0.6) is 0 Å². The molecule has 1 saturated heterocycles. The van der Waals surface area contributed by atoms with Crippen LogP contribution in [0, 0.1) is 17.8 Å². The lowest BCUT2D eigenvalue weighted by Gasteiger charge is -2.22. The number of carbonyl (C=O) groups is 1. The molecule has 16 heavy (non-hydrogen) atoms. The molecule has 1 aliphatic heterocycles. The van der Waals surface area contributed by atoms with Gasteiger partial charge in [0.15, 0.2) is 6.10 Å². The molecule has 0 aromatic carbocycles. The third-order valence-corrected chi connectivity index (χ3v) is 4.35. The number of rotatable bonds is 3. The summed E-state index contributed by atoms with van der Waals surface area (Å²) < 4.78 is 10.7. The second kappa shape index (κ2) is 3.33. The third kappa shape index (κ3) is 1.34. The predicted molar refractivity (Wildman–Crippen MR) is 58.8 cm³/mol. The Hall–Kier alpha value is -0.830. The highest BCUT2D eigenvalue weighted by molar-refractivity contribution is 5.79. The molecule has 0 amide bonds. The SMILES string of the molecule is CCOC(=O)C1OC1(C)C1CC2C=CC1C2. The topological polar surface area (TPSA) is 38.8 Å². The molecule has 0 spiro atoms.